The first kappa shape index (κ1) is 14.4. The number of anilines is 1. The number of benzene rings is 1. The molecule has 0 spiro atoms. The van der Waals surface area contributed by atoms with E-state index in [0.717, 1.165) is 31.7 Å². The SMILES string of the molecule is N#CC1(C(=O)Nc2cccc(F)c2F)CCCCCC1. The number of nitrogens with one attached hydrogen (secondary N) is 1. The average molecular weight is 278 g/mol. The van der Waals surface area contributed by atoms with E-state index in [1.54, 1.807) is 0 Å². The fourth-order valence-corrected chi connectivity index (χ4v) is 2.56. The van der Waals surface area contributed by atoms with Crippen molar-refractivity contribution >= 4 is 11.6 Å². The van der Waals surface area contributed by atoms with Crippen molar-refractivity contribution in [1.29, 1.82) is 5.26 Å². The van der Waals surface area contributed by atoms with E-state index in [4.69, 9.17) is 0 Å². The van der Waals surface area contributed by atoms with Crippen LogP contribution in [0, 0.1) is 28.4 Å². The van der Waals surface area contributed by atoms with Gasteiger partial charge in [-0.2, -0.15) is 5.26 Å². The molecular formula is C15H16F2N2O. The Labute approximate surface area is 116 Å². The zero-order valence-corrected chi connectivity index (χ0v) is 11.1. The van der Waals surface area contributed by atoms with Crippen LogP contribution in [0.5, 0.6) is 0 Å². The third-order valence-electron chi connectivity index (χ3n) is 3.81. The van der Waals surface area contributed by atoms with Crippen LogP contribution in [0.25, 0.3) is 0 Å². The molecule has 0 saturated heterocycles. The Hall–Kier alpha value is -1.96. The molecule has 20 heavy (non-hydrogen) atoms. The highest BCUT2D eigenvalue weighted by Crippen LogP contribution is 2.35. The highest BCUT2D eigenvalue weighted by atomic mass is 19.2. The van der Waals surface area contributed by atoms with E-state index in [0.29, 0.717) is 12.8 Å². The first-order valence-electron chi connectivity index (χ1n) is 6.76. The van der Waals surface area contributed by atoms with Crippen LogP contribution < -0.4 is 5.32 Å². The molecule has 0 aromatic heterocycles. The monoisotopic (exact) mass is 278 g/mol. The molecule has 0 aliphatic heterocycles. The fourth-order valence-electron chi connectivity index (χ4n) is 2.56. The molecule has 0 bridgehead atoms. The molecule has 1 saturated carbocycles. The van der Waals surface area contributed by atoms with Crippen LogP contribution in [-0.4, -0.2) is 5.91 Å². The van der Waals surface area contributed by atoms with Crippen molar-refractivity contribution in [2.75, 3.05) is 5.32 Å². The molecule has 3 nitrogen and oxygen atoms in total. The summed E-state index contributed by atoms with van der Waals surface area (Å²) in [6.07, 6.45) is 4.51. The number of halogens is 2. The standard InChI is InChI=1S/C15H16F2N2O/c16-11-6-5-7-12(13(11)17)19-14(20)15(10-18)8-3-1-2-4-9-15/h5-7H,1-4,8-9H2,(H,19,20). The van der Waals surface area contributed by atoms with Crippen molar-refractivity contribution in [1.82, 2.24) is 0 Å². The molecule has 0 atom stereocenters. The molecule has 1 aromatic carbocycles. The summed E-state index contributed by atoms with van der Waals surface area (Å²) in [5, 5.41) is 11.7. The summed E-state index contributed by atoms with van der Waals surface area (Å²) >= 11 is 0. The number of hydrogen-bond donors (Lipinski definition) is 1. The van der Waals surface area contributed by atoms with E-state index in [2.05, 4.69) is 11.4 Å². The highest BCUT2D eigenvalue weighted by Gasteiger charge is 2.39. The van der Waals surface area contributed by atoms with Crippen molar-refractivity contribution in [2.45, 2.75) is 38.5 Å². The molecule has 1 N–H and O–H groups in total. The van der Waals surface area contributed by atoms with Crippen LogP contribution in [0.3, 0.4) is 0 Å². The second kappa shape index (κ2) is 6.00. The van der Waals surface area contributed by atoms with Gasteiger partial charge in [-0.05, 0) is 25.0 Å². The third kappa shape index (κ3) is 2.79. The zero-order chi connectivity index (χ0) is 14.6. The van der Waals surface area contributed by atoms with E-state index in [-0.39, 0.29) is 5.69 Å². The number of carbonyl (C=O) groups is 1. The topological polar surface area (TPSA) is 52.9 Å². The summed E-state index contributed by atoms with van der Waals surface area (Å²) < 4.78 is 26.7. The summed E-state index contributed by atoms with van der Waals surface area (Å²) in [5.41, 5.74) is -1.34. The quantitative estimate of drug-likeness (QED) is 0.837. The van der Waals surface area contributed by atoms with E-state index in [9.17, 15) is 18.8 Å². The van der Waals surface area contributed by atoms with Gasteiger partial charge in [0.15, 0.2) is 11.6 Å². The smallest absolute Gasteiger partial charge is 0.244 e. The fraction of sp³-hybridized carbons (Fsp3) is 0.467. The Kier molecular flexibility index (Phi) is 4.33. The van der Waals surface area contributed by atoms with Gasteiger partial charge < -0.3 is 5.32 Å². The molecule has 0 heterocycles. The zero-order valence-electron chi connectivity index (χ0n) is 11.1. The van der Waals surface area contributed by atoms with Crippen LogP contribution in [0.4, 0.5) is 14.5 Å². The van der Waals surface area contributed by atoms with Gasteiger partial charge in [0, 0.05) is 0 Å². The minimum Gasteiger partial charge on any atom is -0.322 e. The van der Waals surface area contributed by atoms with Gasteiger partial charge >= 0.3 is 0 Å². The number of nitrogens with zero attached hydrogens (tertiary/aromatic N) is 1. The first-order valence-corrected chi connectivity index (χ1v) is 6.76. The molecule has 1 aromatic rings. The second-order valence-corrected chi connectivity index (χ2v) is 5.16. The minimum absolute atomic E-state index is 0.214. The van der Waals surface area contributed by atoms with Crippen LogP contribution in [0.15, 0.2) is 18.2 Å². The van der Waals surface area contributed by atoms with Gasteiger partial charge in [-0.25, -0.2) is 8.78 Å². The van der Waals surface area contributed by atoms with Crippen molar-refractivity contribution in [2.24, 2.45) is 5.41 Å². The maximum Gasteiger partial charge on any atom is 0.244 e. The number of nitriles is 1. The van der Waals surface area contributed by atoms with Gasteiger partial charge in [-0.15, -0.1) is 0 Å². The molecule has 0 unspecified atom stereocenters. The predicted molar refractivity (Wildman–Crippen MR) is 70.7 cm³/mol. The van der Waals surface area contributed by atoms with Crippen LogP contribution in [0.2, 0.25) is 0 Å². The molecule has 2 rings (SSSR count). The Morgan fingerprint density at radius 3 is 2.45 bits per heavy atom. The normalized spacial score (nSPS) is 17.9. The number of amides is 1. The summed E-state index contributed by atoms with van der Waals surface area (Å²) in [4.78, 5) is 12.3. The van der Waals surface area contributed by atoms with Gasteiger partial charge in [-0.1, -0.05) is 31.7 Å². The lowest BCUT2D eigenvalue weighted by atomic mass is 9.81. The Bertz CT molecular complexity index is 543. The Morgan fingerprint density at radius 2 is 1.85 bits per heavy atom. The third-order valence-corrected chi connectivity index (χ3v) is 3.81. The minimum atomic E-state index is -1.13. The van der Waals surface area contributed by atoms with E-state index in [1.165, 1.54) is 12.1 Å². The van der Waals surface area contributed by atoms with E-state index < -0.39 is 23.0 Å². The number of rotatable bonds is 2. The lowest BCUT2D eigenvalue weighted by molar-refractivity contribution is -0.123. The van der Waals surface area contributed by atoms with Gasteiger partial charge in [0.05, 0.1) is 11.8 Å². The average Bonchev–Trinajstić information content (AvgIpc) is 2.70. The van der Waals surface area contributed by atoms with Gasteiger partial charge in [0.25, 0.3) is 0 Å². The Morgan fingerprint density at radius 1 is 1.20 bits per heavy atom. The van der Waals surface area contributed by atoms with Crippen molar-refractivity contribution in [3.63, 3.8) is 0 Å². The van der Waals surface area contributed by atoms with E-state index >= 15 is 0 Å². The lowest BCUT2D eigenvalue weighted by Crippen LogP contribution is -2.35. The largest absolute Gasteiger partial charge is 0.322 e. The molecule has 0 radical (unpaired) electrons. The van der Waals surface area contributed by atoms with Gasteiger partial charge in [0.2, 0.25) is 5.91 Å². The summed E-state index contributed by atoms with van der Waals surface area (Å²) in [5.74, 6) is -2.65. The Balaban J connectivity index is 2.21. The summed E-state index contributed by atoms with van der Waals surface area (Å²) in [6.45, 7) is 0. The van der Waals surface area contributed by atoms with Crippen molar-refractivity contribution in [3.8, 4) is 6.07 Å². The van der Waals surface area contributed by atoms with Gasteiger partial charge in [0.1, 0.15) is 5.41 Å². The number of hydrogen-bond acceptors (Lipinski definition) is 2. The predicted octanol–water partition coefficient (Wildman–Crippen LogP) is 3.77. The molecule has 1 amide bonds. The molecule has 1 aliphatic carbocycles. The summed E-state index contributed by atoms with van der Waals surface area (Å²) in [7, 11) is 0. The summed E-state index contributed by atoms with van der Waals surface area (Å²) in [6, 6.07) is 5.68. The first-order chi connectivity index (χ1) is 9.59. The molecule has 1 fully saturated rings. The van der Waals surface area contributed by atoms with Crippen LogP contribution in [-0.2, 0) is 4.79 Å². The molecular weight excluding hydrogens is 262 g/mol. The molecule has 1 aliphatic rings. The van der Waals surface area contributed by atoms with Crippen LogP contribution >= 0.6 is 0 Å². The van der Waals surface area contributed by atoms with E-state index in [1.807, 2.05) is 0 Å². The van der Waals surface area contributed by atoms with Crippen LogP contribution in [0.1, 0.15) is 38.5 Å². The maximum absolute atomic E-state index is 13.6. The van der Waals surface area contributed by atoms with Crippen molar-refractivity contribution < 1.29 is 13.6 Å². The van der Waals surface area contributed by atoms with Crippen molar-refractivity contribution in [3.05, 3.63) is 29.8 Å². The molecule has 106 valence electrons. The lowest BCUT2D eigenvalue weighted by Gasteiger charge is -2.23. The molecule has 5 heteroatoms. The number of carbonyl (C=O) groups excluding carboxylic acids is 1. The van der Waals surface area contributed by atoms with Gasteiger partial charge in [-0.3, -0.25) is 4.79 Å². The highest BCUT2D eigenvalue weighted by molar-refractivity contribution is 5.97. The maximum atomic E-state index is 13.6. The second-order valence-electron chi connectivity index (χ2n) is 5.16.